The molecule has 4 atom stereocenters. The number of hydrogen-bond acceptors (Lipinski definition) is 5. The van der Waals surface area contributed by atoms with Gasteiger partial charge in [0, 0.05) is 10.8 Å². The lowest BCUT2D eigenvalue weighted by molar-refractivity contribution is -0.155. The highest BCUT2D eigenvalue weighted by Gasteiger charge is 2.74. The lowest BCUT2D eigenvalue weighted by Crippen LogP contribution is -2.46. The summed E-state index contributed by atoms with van der Waals surface area (Å²) >= 11 is 0. The third-order valence-electron chi connectivity index (χ3n) is 11.8. The molecule has 0 N–H and O–H groups in total. The van der Waals surface area contributed by atoms with Gasteiger partial charge in [-0.1, -0.05) is 46.7 Å². The fourth-order valence-electron chi connectivity index (χ4n) is 8.05. The van der Waals surface area contributed by atoms with Crippen molar-refractivity contribution in [2.45, 2.75) is 98.3 Å². The van der Waals surface area contributed by atoms with Gasteiger partial charge in [-0.15, -0.1) is 0 Å². The third kappa shape index (κ3) is 2.23. The number of oxime groups is 1. The molecular weight excluding hydrogens is 422 g/mol. The summed E-state index contributed by atoms with van der Waals surface area (Å²) < 4.78 is 0. The van der Waals surface area contributed by atoms with Gasteiger partial charge >= 0.3 is 5.97 Å². The van der Waals surface area contributed by atoms with Gasteiger partial charge in [0.25, 0.3) is 0 Å². The number of aromatic nitrogens is 2. The fraction of sp³-hybridized carbons (Fsp3) is 0.655. The molecule has 5 heteroatoms. The number of carbonyl (C=O) groups excluding carboxylic acids is 1. The summed E-state index contributed by atoms with van der Waals surface area (Å²) in [7, 11) is 0. The predicted octanol–water partition coefficient (Wildman–Crippen LogP) is 6.32. The second kappa shape index (κ2) is 6.27. The smallest absolute Gasteiger partial charge is 0.317 e. The van der Waals surface area contributed by atoms with Crippen LogP contribution in [-0.2, 0) is 20.5 Å². The number of nitrogens with zero attached hydrogens (tertiary/aromatic N) is 3. The average molecular weight is 460 g/mol. The van der Waals surface area contributed by atoms with Crippen LogP contribution < -0.4 is 0 Å². The van der Waals surface area contributed by atoms with Crippen LogP contribution >= 0.6 is 0 Å². The minimum absolute atomic E-state index is 0.00823. The van der Waals surface area contributed by atoms with Crippen LogP contribution in [0.3, 0.4) is 0 Å². The Morgan fingerprint density at radius 1 is 0.912 bits per heavy atom. The Balaban J connectivity index is 1.45. The second-order valence-corrected chi connectivity index (χ2v) is 13.1. The maximum absolute atomic E-state index is 14.0. The highest BCUT2D eigenvalue weighted by atomic mass is 16.7. The van der Waals surface area contributed by atoms with E-state index in [1.165, 1.54) is 17.5 Å². The maximum atomic E-state index is 14.0. The van der Waals surface area contributed by atoms with Gasteiger partial charge in [-0.25, -0.2) is 14.8 Å². The van der Waals surface area contributed by atoms with E-state index in [0.717, 1.165) is 53.8 Å². The fourth-order valence-corrected chi connectivity index (χ4v) is 8.05. The molecule has 2 aromatic rings. The highest BCUT2D eigenvalue weighted by Crippen LogP contribution is 2.70. The Kier molecular flexibility index (Phi) is 4.09. The SMILES string of the molecule is Cc1cc2nc3c(nc2cc1C)C1(C(=O)ON=C2CC4CCC2(C)C4(C)C)CCC3(C)C1(C)C. The number of hydrogen-bond donors (Lipinski definition) is 0. The number of rotatable bonds is 2. The molecular formula is C29H37N3O2. The van der Waals surface area contributed by atoms with E-state index in [0.29, 0.717) is 5.92 Å². The van der Waals surface area contributed by atoms with Gasteiger partial charge in [0.05, 0.1) is 28.1 Å². The standard InChI is InChI=1S/C29H37N3O2/c1-16-13-19-20(14-17(16)2)31-23-22(30-19)28(8)11-12-29(23,26(28,5)6)24(33)34-32-21-15-18-9-10-27(21,7)25(18,3)4/h13-14,18H,9-12,15H2,1-8H3. The van der Waals surface area contributed by atoms with E-state index in [1.807, 2.05) is 0 Å². The zero-order valence-corrected chi connectivity index (χ0v) is 21.9. The summed E-state index contributed by atoms with van der Waals surface area (Å²) in [6, 6.07) is 4.21. The first-order valence-electron chi connectivity index (χ1n) is 12.9. The van der Waals surface area contributed by atoms with Crippen LogP contribution in [0.25, 0.3) is 11.0 Å². The van der Waals surface area contributed by atoms with Crippen LogP contribution in [0.4, 0.5) is 0 Å². The monoisotopic (exact) mass is 459 g/mol. The zero-order valence-electron chi connectivity index (χ0n) is 21.9. The first kappa shape index (κ1) is 22.2. The van der Waals surface area contributed by atoms with E-state index >= 15 is 0 Å². The molecule has 4 bridgehead atoms. The van der Waals surface area contributed by atoms with Crippen molar-refractivity contribution in [2.24, 2.45) is 27.3 Å². The van der Waals surface area contributed by atoms with Crippen molar-refractivity contribution in [3.8, 4) is 0 Å². The quantitative estimate of drug-likeness (QED) is 0.389. The van der Waals surface area contributed by atoms with Crippen molar-refractivity contribution < 1.29 is 9.63 Å². The van der Waals surface area contributed by atoms with Crippen molar-refractivity contribution in [3.63, 3.8) is 0 Å². The molecule has 1 aromatic heterocycles. The van der Waals surface area contributed by atoms with Crippen LogP contribution in [0.1, 0.15) is 96.2 Å². The summed E-state index contributed by atoms with van der Waals surface area (Å²) in [5.41, 5.74) is 5.79. The summed E-state index contributed by atoms with van der Waals surface area (Å²) in [6.45, 7) is 17.8. The highest BCUT2D eigenvalue weighted by molar-refractivity contribution is 5.95. The molecule has 3 saturated carbocycles. The molecule has 4 unspecified atom stereocenters. The molecule has 5 nitrogen and oxygen atoms in total. The summed E-state index contributed by atoms with van der Waals surface area (Å²) in [6.07, 6.45) is 4.92. The number of benzene rings is 1. The molecule has 0 saturated heterocycles. The normalized spacial score (nSPS) is 37.5. The zero-order chi connectivity index (χ0) is 24.5. The molecule has 1 aromatic carbocycles. The molecule has 0 aliphatic heterocycles. The molecule has 6 rings (SSSR count). The first-order chi connectivity index (χ1) is 15.8. The minimum atomic E-state index is -0.824. The van der Waals surface area contributed by atoms with Crippen molar-refractivity contribution in [1.82, 2.24) is 9.97 Å². The van der Waals surface area contributed by atoms with Gasteiger partial charge < -0.3 is 4.84 Å². The lowest BCUT2D eigenvalue weighted by Gasteiger charge is -2.38. The van der Waals surface area contributed by atoms with E-state index in [2.05, 4.69) is 72.7 Å². The van der Waals surface area contributed by atoms with Gasteiger partial charge in [0.2, 0.25) is 0 Å². The Labute approximate surface area is 202 Å². The predicted molar refractivity (Wildman–Crippen MR) is 134 cm³/mol. The largest absolute Gasteiger partial charge is 0.347 e. The number of aryl methyl sites for hydroxylation is 2. The van der Waals surface area contributed by atoms with E-state index in [1.54, 1.807) is 0 Å². The molecule has 0 radical (unpaired) electrons. The van der Waals surface area contributed by atoms with E-state index < -0.39 is 5.41 Å². The molecule has 1 heterocycles. The van der Waals surface area contributed by atoms with Crippen molar-refractivity contribution in [3.05, 3.63) is 34.6 Å². The Hall–Kier alpha value is -2.30. The minimum Gasteiger partial charge on any atom is -0.317 e. The Morgan fingerprint density at radius 3 is 2.09 bits per heavy atom. The molecule has 0 amide bonds. The Morgan fingerprint density at radius 2 is 1.53 bits per heavy atom. The first-order valence-corrected chi connectivity index (χ1v) is 12.9. The van der Waals surface area contributed by atoms with Gasteiger partial charge in [0.1, 0.15) is 5.41 Å². The molecule has 0 spiro atoms. The van der Waals surface area contributed by atoms with Crippen molar-refractivity contribution >= 4 is 22.7 Å². The van der Waals surface area contributed by atoms with E-state index in [9.17, 15) is 4.79 Å². The molecule has 4 aliphatic carbocycles. The van der Waals surface area contributed by atoms with Crippen molar-refractivity contribution in [1.29, 1.82) is 0 Å². The maximum Gasteiger partial charge on any atom is 0.347 e. The lowest BCUT2D eigenvalue weighted by atomic mass is 9.64. The van der Waals surface area contributed by atoms with Crippen molar-refractivity contribution in [2.75, 3.05) is 0 Å². The summed E-state index contributed by atoms with van der Waals surface area (Å²) in [4.78, 5) is 30.2. The van der Waals surface area contributed by atoms with Crippen LogP contribution in [0.15, 0.2) is 17.3 Å². The van der Waals surface area contributed by atoms with Crippen LogP contribution in [0.2, 0.25) is 0 Å². The molecule has 180 valence electrons. The topological polar surface area (TPSA) is 64.4 Å². The van der Waals surface area contributed by atoms with E-state index in [-0.39, 0.29) is 27.6 Å². The molecule has 4 aliphatic rings. The van der Waals surface area contributed by atoms with E-state index in [4.69, 9.17) is 14.8 Å². The van der Waals surface area contributed by atoms with Gasteiger partial charge in [0.15, 0.2) is 0 Å². The number of fused-ring (bicyclic) bond motifs is 8. The van der Waals surface area contributed by atoms with Crippen LogP contribution in [-0.4, -0.2) is 21.6 Å². The summed E-state index contributed by atoms with van der Waals surface area (Å²) in [5.74, 6) is 0.365. The Bertz CT molecular complexity index is 1310. The van der Waals surface area contributed by atoms with Crippen LogP contribution in [0, 0.1) is 36.0 Å². The molecule has 3 fully saturated rings. The average Bonchev–Trinajstić information content (AvgIpc) is 3.26. The van der Waals surface area contributed by atoms with Gasteiger partial charge in [-0.05, 0) is 86.0 Å². The van der Waals surface area contributed by atoms with Crippen LogP contribution in [0.5, 0.6) is 0 Å². The molecule has 34 heavy (non-hydrogen) atoms. The van der Waals surface area contributed by atoms with Gasteiger partial charge in [-0.2, -0.15) is 0 Å². The second-order valence-electron chi connectivity index (χ2n) is 13.1. The number of carbonyl (C=O) groups is 1. The third-order valence-corrected chi connectivity index (χ3v) is 11.8. The summed E-state index contributed by atoms with van der Waals surface area (Å²) in [5, 5.41) is 4.60. The van der Waals surface area contributed by atoms with Gasteiger partial charge in [-0.3, -0.25) is 0 Å².